The van der Waals surface area contributed by atoms with E-state index in [9.17, 15) is 9.59 Å². The third-order valence-electron chi connectivity index (χ3n) is 7.71. The van der Waals surface area contributed by atoms with Gasteiger partial charge in [0.25, 0.3) is 5.56 Å². The SMILES string of the molecule is C[C@@H]1[C@H](C)CCC[C@@H]1n1c(SCC(=O)Nc2ccnn2C2CCCC2)nc2ccccc2c1=O. The first kappa shape index (κ1) is 23.1. The molecule has 34 heavy (non-hydrogen) atoms. The van der Waals surface area contributed by atoms with Crippen molar-refractivity contribution in [1.82, 2.24) is 19.3 Å². The van der Waals surface area contributed by atoms with Gasteiger partial charge in [0, 0.05) is 12.1 Å². The molecule has 1 N–H and O–H groups in total. The van der Waals surface area contributed by atoms with Gasteiger partial charge < -0.3 is 5.32 Å². The van der Waals surface area contributed by atoms with Crippen LogP contribution in [0.25, 0.3) is 10.9 Å². The van der Waals surface area contributed by atoms with Crippen LogP contribution in [0, 0.1) is 11.8 Å². The summed E-state index contributed by atoms with van der Waals surface area (Å²) in [6, 6.07) is 9.83. The van der Waals surface area contributed by atoms with Crippen molar-refractivity contribution in [3.63, 3.8) is 0 Å². The van der Waals surface area contributed by atoms with Crippen LogP contribution in [0.3, 0.4) is 0 Å². The largest absolute Gasteiger partial charge is 0.310 e. The first-order chi connectivity index (χ1) is 16.5. The maximum atomic E-state index is 13.6. The molecule has 2 fully saturated rings. The molecule has 0 aliphatic heterocycles. The van der Waals surface area contributed by atoms with Gasteiger partial charge in [0.15, 0.2) is 5.16 Å². The maximum Gasteiger partial charge on any atom is 0.262 e. The number of hydrogen-bond acceptors (Lipinski definition) is 5. The lowest BCUT2D eigenvalue weighted by atomic mass is 9.78. The van der Waals surface area contributed by atoms with E-state index in [1.165, 1.54) is 31.0 Å². The normalized spacial score (nSPS) is 23.4. The van der Waals surface area contributed by atoms with Crippen LogP contribution >= 0.6 is 11.8 Å². The summed E-state index contributed by atoms with van der Waals surface area (Å²) in [5, 5.41) is 8.75. The smallest absolute Gasteiger partial charge is 0.262 e. The summed E-state index contributed by atoms with van der Waals surface area (Å²) in [6.07, 6.45) is 9.61. The lowest BCUT2D eigenvalue weighted by Crippen LogP contribution is -2.35. The molecule has 0 radical (unpaired) electrons. The second kappa shape index (κ2) is 9.94. The Morgan fingerprint density at radius 1 is 1.09 bits per heavy atom. The van der Waals surface area contributed by atoms with E-state index in [2.05, 4.69) is 24.3 Å². The standard InChI is InChI=1S/C26H33N5O2S/c1-17-8-7-13-22(18(17)2)30-25(33)20-11-5-6-12-21(20)28-26(30)34-16-24(32)29-23-14-15-27-31(23)19-9-3-4-10-19/h5-6,11-12,14-15,17-19,22H,3-4,7-10,13,16H2,1-2H3,(H,29,32)/t17-,18-,22+/m1/s1. The van der Waals surface area contributed by atoms with Crippen molar-refractivity contribution >= 4 is 34.4 Å². The van der Waals surface area contributed by atoms with Gasteiger partial charge in [-0.1, -0.05) is 63.4 Å². The number of amides is 1. The second-order valence-corrected chi connectivity index (χ2v) is 10.8. The molecule has 8 heteroatoms. The molecule has 2 aromatic heterocycles. The minimum atomic E-state index is -0.108. The van der Waals surface area contributed by atoms with Crippen molar-refractivity contribution in [3.8, 4) is 0 Å². The predicted molar refractivity (Wildman–Crippen MR) is 136 cm³/mol. The van der Waals surface area contributed by atoms with Crippen molar-refractivity contribution in [2.75, 3.05) is 11.1 Å². The van der Waals surface area contributed by atoms with Crippen molar-refractivity contribution in [2.24, 2.45) is 11.8 Å². The van der Waals surface area contributed by atoms with Gasteiger partial charge in [-0.2, -0.15) is 5.10 Å². The summed E-state index contributed by atoms with van der Waals surface area (Å²) in [5.41, 5.74) is 0.682. The number of hydrogen-bond donors (Lipinski definition) is 1. The highest BCUT2D eigenvalue weighted by atomic mass is 32.2. The van der Waals surface area contributed by atoms with Crippen LogP contribution < -0.4 is 10.9 Å². The highest BCUT2D eigenvalue weighted by Crippen LogP contribution is 2.39. The minimum Gasteiger partial charge on any atom is -0.310 e. The molecule has 0 saturated heterocycles. The van der Waals surface area contributed by atoms with Gasteiger partial charge in [0.05, 0.1) is 28.9 Å². The lowest BCUT2D eigenvalue weighted by Gasteiger charge is -2.36. The summed E-state index contributed by atoms with van der Waals surface area (Å²) in [5.74, 6) is 1.76. The molecule has 2 aliphatic rings. The zero-order valence-corrected chi connectivity index (χ0v) is 20.8. The summed E-state index contributed by atoms with van der Waals surface area (Å²) in [7, 11) is 0. The zero-order chi connectivity index (χ0) is 23.7. The van der Waals surface area contributed by atoms with E-state index in [-0.39, 0.29) is 23.3 Å². The van der Waals surface area contributed by atoms with Crippen LogP contribution in [0.1, 0.15) is 70.9 Å². The second-order valence-electron chi connectivity index (χ2n) is 9.86. The zero-order valence-electron chi connectivity index (χ0n) is 19.9. The van der Waals surface area contributed by atoms with Crippen LogP contribution in [-0.2, 0) is 4.79 Å². The number of rotatable bonds is 6. The van der Waals surface area contributed by atoms with Gasteiger partial charge in [0.1, 0.15) is 5.82 Å². The van der Waals surface area contributed by atoms with Crippen LogP contribution in [0.2, 0.25) is 0 Å². The number of anilines is 1. The fraction of sp³-hybridized carbons (Fsp3) is 0.538. The van der Waals surface area contributed by atoms with E-state index in [1.807, 2.05) is 39.6 Å². The number of thioether (sulfide) groups is 1. The number of carbonyl (C=O) groups excluding carboxylic acids is 1. The average Bonchev–Trinajstić information content (AvgIpc) is 3.52. The number of aromatic nitrogens is 4. The third-order valence-corrected chi connectivity index (χ3v) is 8.66. The van der Waals surface area contributed by atoms with E-state index < -0.39 is 0 Å². The van der Waals surface area contributed by atoms with Gasteiger partial charge in [-0.25, -0.2) is 9.67 Å². The predicted octanol–water partition coefficient (Wildman–Crippen LogP) is 5.44. The quantitative estimate of drug-likeness (QED) is 0.376. The van der Waals surface area contributed by atoms with Crippen LogP contribution in [0.4, 0.5) is 5.82 Å². The highest BCUT2D eigenvalue weighted by Gasteiger charge is 2.31. The number of benzene rings is 1. The molecule has 3 aromatic rings. The number of fused-ring (bicyclic) bond motifs is 1. The Hall–Kier alpha value is -2.61. The molecular formula is C26H33N5O2S. The van der Waals surface area contributed by atoms with Gasteiger partial charge in [-0.15, -0.1) is 0 Å². The molecule has 3 atom stereocenters. The van der Waals surface area contributed by atoms with Crippen molar-refractivity contribution in [1.29, 1.82) is 0 Å². The first-order valence-corrected chi connectivity index (χ1v) is 13.5. The molecule has 0 spiro atoms. The molecule has 0 unspecified atom stereocenters. The van der Waals surface area contributed by atoms with Crippen LogP contribution in [0.5, 0.6) is 0 Å². The van der Waals surface area contributed by atoms with E-state index in [0.717, 1.165) is 31.5 Å². The summed E-state index contributed by atoms with van der Waals surface area (Å²) < 4.78 is 3.83. The van der Waals surface area contributed by atoms with Crippen LogP contribution in [-0.4, -0.2) is 31.0 Å². The lowest BCUT2D eigenvalue weighted by molar-refractivity contribution is -0.113. The number of nitrogens with zero attached hydrogens (tertiary/aromatic N) is 4. The monoisotopic (exact) mass is 479 g/mol. The van der Waals surface area contributed by atoms with Gasteiger partial charge >= 0.3 is 0 Å². The molecule has 0 bridgehead atoms. The molecule has 1 amide bonds. The van der Waals surface area contributed by atoms with Gasteiger partial charge in [-0.3, -0.25) is 14.2 Å². The minimum absolute atomic E-state index is 0.00114. The van der Waals surface area contributed by atoms with E-state index in [4.69, 9.17) is 4.98 Å². The van der Waals surface area contributed by atoms with Crippen molar-refractivity contribution in [2.45, 2.75) is 76.0 Å². The Kier molecular flexibility index (Phi) is 6.77. The first-order valence-electron chi connectivity index (χ1n) is 12.5. The van der Waals surface area contributed by atoms with Gasteiger partial charge in [-0.05, 0) is 43.2 Å². The Morgan fingerprint density at radius 3 is 2.71 bits per heavy atom. The molecular weight excluding hydrogens is 446 g/mol. The van der Waals surface area contributed by atoms with E-state index >= 15 is 0 Å². The van der Waals surface area contributed by atoms with Crippen LogP contribution in [0.15, 0.2) is 46.5 Å². The maximum absolute atomic E-state index is 13.6. The number of carbonyl (C=O) groups is 1. The fourth-order valence-electron chi connectivity index (χ4n) is 5.60. The topological polar surface area (TPSA) is 81.8 Å². The highest BCUT2D eigenvalue weighted by molar-refractivity contribution is 7.99. The molecule has 5 rings (SSSR count). The van der Waals surface area contributed by atoms with Crippen molar-refractivity contribution < 1.29 is 4.79 Å². The number of nitrogens with one attached hydrogen (secondary N) is 1. The third kappa shape index (κ3) is 4.52. The summed E-state index contributed by atoms with van der Waals surface area (Å²) in [6.45, 7) is 4.51. The average molecular weight is 480 g/mol. The van der Waals surface area contributed by atoms with E-state index in [0.29, 0.717) is 33.9 Å². The molecule has 2 heterocycles. The molecule has 2 aliphatic carbocycles. The molecule has 180 valence electrons. The Balaban J connectivity index is 1.39. The van der Waals surface area contributed by atoms with Crippen molar-refractivity contribution in [3.05, 3.63) is 46.9 Å². The molecule has 7 nitrogen and oxygen atoms in total. The number of para-hydroxylation sites is 1. The van der Waals surface area contributed by atoms with Gasteiger partial charge in [0.2, 0.25) is 5.91 Å². The fourth-order valence-corrected chi connectivity index (χ4v) is 6.45. The Morgan fingerprint density at radius 2 is 1.88 bits per heavy atom. The van der Waals surface area contributed by atoms with E-state index in [1.54, 1.807) is 6.20 Å². The summed E-state index contributed by atoms with van der Waals surface area (Å²) in [4.78, 5) is 31.4. The summed E-state index contributed by atoms with van der Waals surface area (Å²) >= 11 is 1.35. The molecule has 1 aromatic carbocycles. The molecule has 2 saturated carbocycles. The Labute approximate surface area is 204 Å². The Bertz CT molecular complexity index is 1230.